The fourth-order valence-electron chi connectivity index (χ4n) is 2.29. The van der Waals surface area contributed by atoms with Gasteiger partial charge in [0.2, 0.25) is 0 Å². The van der Waals surface area contributed by atoms with Gasteiger partial charge < -0.3 is 5.32 Å². The van der Waals surface area contributed by atoms with E-state index in [2.05, 4.69) is 5.32 Å². The molecule has 14 heavy (non-hydrogen) atoms. The summed E-state index contributed by atoms with van der Waals surface area (Å²) in [5, 5.41) is 3.60. The predicted octanol–water partition coefficient (Wildman–Crippen LogP) is 2.04. The summed E-state index contributed by atoms with van der Waals surface area (Å²) in [4.78, 5) is 0. The van der Waals surface area contributed by atoms with Gasteiger partial charge in [-0.2, -0.15) is 0 Å². The molecule has 0 heterocycles. The Labute approximate surface area is 83.3 Å². The monoisotopic (exact) mass is 191 g/mol. The van der Waals surface area contributed by atoms with Gasteiger partial charge in [0.25, 0.3) is 0 Å². The molecule has 1 N–H and O–H groups in total. The van der Waals surface area contributed by atoms with Gasteiger partial charge in [0.1, 0.15) is 5.82 Å². The highest BCUT2D eigenvalue weighted by molar-refractivity contribution is 5.34. The van der Waals surface area contributed by atoms with Crippen LogP contribution in [0, 0.1) is 5.82 Å². The number of benzene rings is 1. The van der Waals surface area contributed by atoms with Crippen LogP contribution in [0.15, 0.2) is 18.2 Å². The molecule has 0 aliphatic heterocycles. The summed E-state index contributed by atoms with van der Waals surface area (Å²) in [6, 6.07) is 6.49. The number of halogens is 1. The predicted molar refractivity (Wildman–Crippen MR) is 53.8 cm³/mol. The minimum absolute atomic E-state index is 0.101. The first-order chi connectivity index (χ1) is 6.81. The van der Waals surface area contributed by atoms with E-state index in [1.54, 1.807) is 12.1 Å². The van der Waals surface area contributed by atoms with Crippen LogP contribution in [0.1, 0.15) is 24.0 Å². The van der Waals surface area contributed by atoms with Gasteiger partial charge in [0, 0.05) is 12.1 Å². The average molecular weight is 191 g/mol. The first kappa shape index (κ1) is 8.42. The average Bonchev–Trinajstić information content (AvgIpc) is 2.84. The molecule has 0 radical (unpaired) electrons. The lowest BCUT2D eigenvalue weighted by atomic mass is 10.1. The second-order valence-corrected chi connectivity index (χ2v) is 4.46. The molecule has 2 aliphatic rings. The summed E-state index contributed by atoms with van der Waals surface area (Å²) in [6.07, 6.45) is 4.72. The van der Waals surface area contributed by atoms with E-state index in [1.165, 1.54) is 24.0 Å². The van der Waals surface area contributed by atoms with Gasteiger partial charge in [-0.1, -0.05) is 6.07 Å². The van der Waals surface area contributed by atoms with Crippen LogP contribution < -0.4 is 5.32 Å². The largest absolute Gasteiger partial charge is 0.311 e. The molecule has 74 valence electrons. The molecule has 1 atom stereocenters. The quantitative estimate of drug-likeness (QED) is 0.754. The van der Waals surface area contributed by atoms with Gasteiger partial charge in [-0.15, -0.1) is 0 Å². The Morgan fingerprint density at radius 2 is 1.86 bits per heavy atom. The standard InChI is InChI=1S/C12H14FN/c13-10-2-1-8-6-12(7-9(8)5-10)14-11-3-4-11/h1-2,5,11-12,14H,3-4,6-7H2. The number of hydrogen-bond acceptors (Lipinski definition) is 1. The lowest BCUT2D eigenvalue weighted by Gasteiger charge is -2.09. The Morgan fingerprint density at radius 3 is 2.64 bits per heavy atom. The molecule has 0 spiro atoms. The summed E-state index contributed by atoms with van der Waals surface area (Å²) in [5.74, 6) is -0.101. The zero-order valence-corrected chi connectivity index (χ0v) is 8.09. The molecule has 1 fully saturated rings. The van der Waals surface area contributed by atoms with Gasteiger partial charge in [-0.25, -0.2) is 4.39 Å². The first-order valence-corrected chi connectivity index (χ1v) is 5.34. The van der Waals surface area contributed by atoms with Crippen LogP contribution in [0.4, 0.5) is 4.39 Å². The molecule has 0 saturated heterocycles. The van der Waals surface area contributed by atoms with Crippen LogP contribution in [0.5, 0.6) is 0 Å². The van der Waals surface area contributed by atoms with Crippen molar-refractivity contribution in [1.82, 2.24) is 5.32 Å². The molecule has 1 unspecified atom stereocenters. The van der Waals surface area contributed by atoms with Crippen molar-refractivity contribution in [3.63, 3.8) is 0 Å². The fourth-order valence-corrected chi connectivity index (χ4v) is 2.29. The highest BCUT2D eigenvalue weighted by atomic mass is 19.1. The van der Waals surface area contributed by atoms with Crippen LogP contribution >= 0.6 is 0 Å². The molecule has 0 bridgehead atoms. The molecule has 1 aromatic carbocycles. The van der Waals surface area contributed by atoms with E-state index >= 15 is 0 Å². The molecule has 1 saturated carbocycles. The maximum atomic E-state index is 12.9. The van der Waals surface area contributed by atoms with Crippen LogP contribution in [0.2, 0.25) is 0 Å². The number of rotatable bonds is 2. The Balaban J connectivity index is 1.75. The third-order valence-electron chi connectivity index (χ3n) is 3.15. The molecule has 1 nitrogen and oxygen atoms in total. The Kier molecular flexibility index (Phi) is 1.84. The highest BCUT2D eigenvalue weighted by Gasteiger charge is 2.28. The molecule has 1 aromatic rings. The number of fused-ring (bicyclic) bond motifs is 1. The fraction of sp³-hybridized carbons (Fsp3) is 0.500. The van der Waals surface area contributed by atoms with E-state index in [9.17, 15) is 4.39 Å². The van der Waals surface area contributed by atoms with Gasteiger partial charge in [0.15, 0.2) is 0 Å². The van der Waals surface area contributed by atoms with Gasteiger partial charge in [-0.05, 0) is 48.9 Å². The van der Waals surface area contributed by atoms with E-state index in [-0.39, 0.29) is 5.82 Å². The lowest BCUT2D eigenvalue weighted by Crippen LogP contribution is -2.31. The van der Waals surface area contributed by atoms with Crippen LogP contribution in [-0.2, 0) is 12.8 Å². The smallest absolute Gasteiger partial charge is 0.123 e. The minimum atomic E-state index is -0.101. The van der Waals surface area contributed by atoms with Gasteiger partial charge in [0.05, 0.1) is 0 Å². The molecule has 3 rings (SSSR count). The van der Waals surface area contributed by atoms with Gasteiger partial charge >= 0.3 is 0 Å². The molecule has 0 amide bonds. The first-order valence-electron chi connectivity index (χ1n) is 5.34. The second-order valence-electron chi connectivity index (χ2n) is 4.46. The molecule has 2 heteroatoms. The third-order valence-corrected chi connectivity index (χ3v) is 3.15. The third kappa shape index (κ3) is 1.55. The van der Waals surface area contributed by atoms with Crippen LogP contribution in [-0.4, -0.2) is 12.1 Å². The SMILES string of the molecule is Fc1ccc2c(c1)CC(NC1CC1)C2. The minimum Gasteiger partial charge on any atom is -0.311 e. The zero-order chi connectivity index (χ0) is 9.54. The summed E-state index contributed by atoms with van der Waals surface area (Å²) >= 11 is 0. The van der Waals surface area contributed by atoms with Crippen molar-refractivity contribution in [2.75, 3.05) is 0 Å². The van der Waals surface area contributed by atoms with Crippen molar-refractivity contribution < 1.29 is 4.39 Å². The van der Waals surface area contributed by atoms with E-state index in [0.29, 0.717) is 6.04 Å². The van der Waals surface area contributed by atoms with E-state index in [4.69, 9.17) is 0 Å². The lowest BCUT2D eigenvalue weighted by molar-refractivity contribution is 0.530. The Morgan fingerprint density at radius 1 is 1.07 bits per heavy atom. The second kappa shape index (κ2) is 3.06. The Bertz CT molecular complexity index is 357. The summed E-state index contributed by atoms with van der Waals surface area (Å²) < 4.78 is 12.9. The number of nitrogens with one attached hydrogen (secondary N) is 1. The molecule has 0 aromatic heterocycles. The zero-order valence-electron chi connectivity index (χ0n) is 8.09. The maximum absolute atomic E-state index is 12.9. The highest BCUT2D eigenvalue weighted by Crippen LogP contribution is 2.26. The summed E-state index contributed by atoms with van der Waals surface area (Å²) in [5.41, 5.74) is 2.52. The number of hydrogen-bond donors (Lipinski definition) is 1. The Hall–Kier alpha value is -0.890. The van der Waals surface area contributed by atoms with Crippen molar-refractivity contribution in [3.05, 3.63) is 35.1 Å². The van der Waals surface area contributed by atoms with E-state index < -0.39 is 0 Å². The van der Waals surface area contributed by atoms with Gasteiger partial charge in [-0.3, -0.25) is 0 Å². The molecule has 2 aliphatic carbocycles. The van der Waals surface area contributed by atoms with Crippen molar-refractivity contribution >= 4 is 0 Å². The molecular weight excluding hydrogens is 177 g/mol. The van der Waals surface area contributed by atoms with E-state index in [0.717, 1.165) is 18.9 Å². The van der Waals surface area contributed by atoms with Crippen LogP contribution in [0.25, 0.3) is 0 Å². The summed E-state index contributed by atoms with van der Waals surface area (Å²) in [6.45, 7) is 0. The van der Waals surface area contributed by atoms with Crippen LogP contribution in [0.3, 0.4) is 0 Å². The van der Waals surface area contributed by atoms with Crippen molar-refractivity contribution in [2.45, 2.75) is 37.8 Å². The van der Waals surface area contributed by atoms with Crippen molar-refractivity contribution in [2.24, 2.45) is 0 Å². The molecular formula is C12H14FN. The maximum Gasteiger partial charge on any atom is 0.123 e. The normalized spacial score (nSPS) is 25.1. The van der Waals surface area contributed by atoms with Crippen molar-refractivity contribution in [3.8, 4) is 0 Å². The van der Waals surface area contributed by atoms with E-state index in [1.807, 2.05) is 6.07 Å². The van der Waals surface area contributed by atoms with Crippen molar-refractivity contribution in [1.29, 1.82) is 0 Å². The topological polar surface area (TPSA) is 12.0 Å². The summed E-state index contributed by atoms with van der Waals surface area (Å²) in [7, 11) is 0.